The maximum atomic E-state index is 10.3. The van der Waals surface area contributed by atoms with Gasteiger partial charge in [-0.2, -0.15) is 5.10 Å². The van der Waals surface area contributed by atoms with Crippen molar-refractivity contribution in [2.75, 3.05) is 5.73 Å². The third-order valence-corrected chi connectivity index (χ3v) is 5.01. The topological polar surface area (TPSA) is 99.1 Å². The molecule has 3 N–H and O–H groups in total. The summed E-state index contributed by atoms with van der Waals surface area (Å²) in [7, 11) is 0. The van der Waals surface area contributed by atoms with Gasteiger partial charge in [0.25, 0.3) is 0 Å². The van der Waals surface area contributed by atoms with Crippen molar-refractivity contribution in [1.29, 1.82) is 0 Å². The van der Waals surface area contributed by atoms with Crippen molar-refractivity contribution in [3.05, 3.63) is 42.7 Å². The molecule has 7 heteroatoms. The van der Waals surface area contributed by atoms with Gasteiger partial charge in [0.05, 0.1) is 23.6 Å². The van der Waals surface area contributed by atoms with Gasteiger partial charge in [0.1, 0.15) is 23.6 Å². The lowest BCUT2D eigenvalue weighted by atomic mass is 10.0. The number of fused-ring (bicyclic) bond motifs is 2. The first-order valence-corrected chi connectivity index (χ1v) is 9.78. The number of hydrogen-bond donors (Lipinski definition) is 2. The smallest absolute Gasteiger partial charge is 0.164 e. The molecule has 0 unspecified atom stereocenters. The Hall–Kier alpha value is -3.19. The number of nitrogens with zero attached hydrogens (tertiary/aromatic N) is 4. The molecule has 5 rings (SSSR count). The van der Waals surface area contributed by atoms with Crippen LogP contribution in [0, 0.1) is 0 Å². The van der Waals surface area contributed by atoms with Crippen LogP contribution in [0.3, 0.4) is 0 Å². The molecule has 1 aliphatic rings. The third-order valence-electron chi connectivity index (χ3n) is 5.01. The van der Waals surface area contributed by atoms with Crippen LogP contribution in [0.1, 0.15) is 26.7 Å². The molecule has 2 aromatic carbocycles. The van der Waals surface area contributed by atoms with Crippen LogP contribution in [-0.2, 0) is 6.54 Å². The summed E-state index contributed by atoms with van der Waals surface area (Å²) in [5.41, 5.74) is 7.49. The van der Waals surface area contributed by atoms with Crippen LogP contribution < -0.4 is 10.5 Å². The second-order valence-corrected chi connectivity index (χ2v) is 8.32. The highest BCUT2D eigenvalue weighted by Gasteiger charge is 2.24. The maximum Gasteiger partial charge on any atom is 0.164 e. The number of benzene rings is 2. The summed E-state index contributed by atoms with van der Waals surface area (Å²) in [5.74, 6) is 1.28. The van der Waals surface area contributed by atoms with Crippen molar-refractivity contribution in [2.24, 2.45) is 0 Å². The molecule has 0 bridgehead atoms. The fourth-order valence-electron chi connectivity index (χ4n) is 3.53. The molecule has 0 spiro atoms. The molecule has 148 valence electrons. The lowest BCUT2D eigenvalue weighted by molar-refractivity contribution is 0.0590. The molecule has 1 saturated carbocycles. The van der Waals surface area contributed by atoms with E-state index in [9.17, 15) is 5.11 Å². The van der Waals surface area contributed by atoms with Crippen LogP contribution in [0.4, 0.5) is 5.82 Å². The first-order valence-electron chi connectivity index (χ1n) is 9.78. The molecule has 0 saturated heterocycles. The zero-order chi connectivity index (χ0) is 20.2. The van der Waals surface area contributed by atoms with Crippen molar-refractivity contribution >= 4 is 27.6 Å². The number of anilines is 1. The summed E-state index contributed by atoms with van der Waals surface area (Å²) in [5, 5.41) is 17.9. The minimum atomic E-state index is -0.933. The average Bonchev–Trinajstić information content (AvgIpc) is 3.41. The minimum Gasteiger partial charge on any atom is -0.490 e. The van der Waals surface area contributed by atoms with Crippen LogP contribution in [0.5, 0.6) is 5.75 Å². The van der Waals surface area contributed by atoms with Crippen molar-refractivity contribution < 1.29 is 9.84 Å². The van der Waals surface area contributed by atoms with Crippen molar-refractivity contribution in [2.45, 2.75) is 44.9 Å². The summed E-state index contributed by atoms with van der Waals surface area (Å²) in [6, 6.07) is 12.3. The molecule has 1 fully saturated rings. The number of ether oxygens (including phenoxy) is 1. The van der Waals surface area contributed by atoms with Gasteiger partial charge < -0.3 is 15.6 Å². The third kappa shape index (κ3) is 3.49. The monoisotopic (exact) mass is 389 g/mol. The van der Waals surface area contributed by atoms with Crippen LogP contribution in [0.15, 0.2) is 42.7 Å². The lowest BCUT2D eigenvalue weighted by Gasteiger charge is -2.16. The molecule has 29 heavy (non-hydrogen) atoms. The fraction of sp³-hybridized carbons (Fsp3) is 0.318. The van der Waals surface area contributed by atoms with Crippen LogP contribution in [0.25, 0.3) is 33.1 Å². The standard InChI is InChI=1S/C22H23N5O2/c1-22(2,28)11-27-21-18(20(23)24-12-25-21)19(26-27)15-4-3-14-10-17(29-16-7-8-16)6-5-13(14)9-15/h3-6,9-10,12,16,28H,7-8,11H2,1-2H3,(H2,23,24,25). The van der Waals surface area contributed by atoms with E-state index in [-0.39, 0.29) is 0 Å². The second kappa shape index (κ2) is 6.42. The van der Waals surface area contributed by atoms with Gasteiger partial charge in [-0.05, 0) is 55.7 Å². The van der Waals surface area contributed by atoms with Crippen LogP contribution >= 0.6 is 0 Å². The first kappa shape index (κ1) is 17.9. The van der Waals surface area contributed by atoms with Crippen LogP contribution in [-0.4, -0.2) is 36.6 Å². The predicted molar refractivity (Wildman–Crippen MR) is 113 cm³/mol. The Morgan fingerprint density at radius 3 is 2.66 bits per heavy atom. The molecule has 0 amide bonds. The predicted octanol–water partition coefficient (Wildman–Crippen LogP) is 3.54. The normalized spacial score (nSPS) is 14.6. The summed E-state index contributed by atoms with van der Waals surface area (Å²) in [6.07, 6.45) is 4.08. The SMILES string of the molecule is CC(C)(O)Cn1nc(-c2ccc3cc(OC4CC4)ccc3c2)c2c(N)ncnc21. The number of nitrogens with two attached hydrogens (primary N) is 1. The van der Waals surface area contributed by atoms with Gasteiger partial charge in [0, 0.05) is 5.56 Å². The van der Waals surface area contributed by atoms with Crippen molar-refractivity contribution in [1.82, 2.24) is 19.7 Å². The Morgan fingerprint density at radius 2 is 1.90 bits per heavy atom. The number of nitrogen functional groups attached to an aromatic ring is 1. The number of aromatic nitrogens is 4. The second-order valence-electron chi connectivity index (χ2n) is 8.32. The van der Waals surface area contributed by atoms with Gasteiger partial charge in [-0.1, -0.05) is 18.2 Å². The van der Waals surface area contributed by atoms with E-state index < -0.39 is 5.60 Å². The lowest BCUT2D eigenvalue weighted by Crippen LogP contribution is -2.26. The fourth-order valence-corrected chi connectivity index (χ4v) is 3.53. The minimum absolute atomic E-state index is 0.301. The summed E-state index contributed by atoms with van der Waals surface area (Å²) >= 11 is 0. The quantitative estimate of drug-likeness (QED) is 0.542. The van der Waals surface area contributed by atoms with Crippen molar-refractivity contribution in [3.63, 3.8) is 0 Å². The summed E-state index contributed by atoms with van der Waals surface area (Å²) in [4.78, 5) is 8.51. The molecule has 4 aromatic rings. The molecule has 2 aromatic heterocycles. The molecule has 7 nitrogen and oxygen atoms in total. The van der Waals surface area contributed by atoms with E-state index in [1.165, 1.54) is 6.33 Å². The van der Waals surface area contributed by atoms with E-state index in [1.807, 2.05) is 12.1 Å². The van der Waals surface area contributed by atoms with E-state index in [0.717, 1.165) is 34.9 Å². The van der Waals surface area contributed by atoms with Gasteiger partial charge in [0.15, 0.2) is 5.65 Å². The van der Waals surface area contributed by atoms with E-state index in [4.69, 9.17) is 15.6 Å². The first-order chi connectivity index (χ1) is 13.9. The number of aliphatic hydroxyl groups is 1. The van der Waals surface area contributed by atoms with E-state index in [2.05, 4.69) is 34.2 Å². The van der Waals surface area contributed by atoms with E-state index >= 15 is 0 Å². The highest BCUT2D eigenvalue weighted by atomic mass is 16.5. The Labute approximate surface area is 168 Å². The Morgan fingerprint density at radius 1 is 1.14 bits per heavy atom. The molecule has 0 aliphatic heterocycles. The maximum absolute atomic E-state index is 10.3. The summed E-state index contributed by atoms with van der Waals surface area (Å²) < 4.78 is 7.59. The zero-order valence-electron chi connectivity index (χ0n) is 16.5. The Balaban J connectivity index is 1.61. The summed E-state index contributed by atoms with van der Waals surface area (Å²) in [6.45, 7) is 3.78. The average molecular weight is 389 g/mol. The van der Waals surface area contributed by atoms with Gasteiger partial charge in [0.2, 0.25) is 0 Å². The van der Waals surface area contributed by atoms with Crippen LogP contribution in [0.2, 0.25) is 0 Å². The highest BCUT2D eigenvalue weighted by Crippen LogP contribution is 2.34. The largest absolute Gasteiger partial charge is 0.490 e. The van der Waals surface area contributed by atoms with E-state index in [0.29, 0.717) is 35.2 Å². The molecule has 1 aliphatic carbocycles. The van der Waals surface area contributed by atoms with Gasteiger partial charge in [-0.3, -0.25) is 0 Å². The van der Waals surface area contributed by atoms with Gasteiger partial charge >= 0.3 is 0 Å². The van der Waals surface area contributed by atoms with Gasteiger partial charge in [-0.15, -0.1) is 0 Å². The Kier molecular flexibility index (Phi) is 3.96. The molecular formula is C22H23N5O2. The number of rotatable bonds is 5. The number of hydrogen-bond acceptors (Lipinski definition) is 6. The molecule has 0 radical (unpaired) electrons. The Bertz CT molecular complexity index is 1220. The zero-order valence-corrected chi connectivity index (χ0v) is 16.5. The molecular weight excluding hydrogens is 366 g/mol. The molecule has 2 heterocycles. The van der Waals surface area contributed by atoms with E-state index in [1.54, 1.807) is 18.5 Å². The molecule has 0 atom stereocenters. The van der Waals surface area contributed by atoms with Crippen molar-refractivity contribution in [3.8, 4) is 17.0 Å². The van der Waals surface area contributed by atoms with Gasteiger partial charge in [-0.25, -0.2) is 14.6 Å². The highest BCUT2D eigenvalue weighted by molar-refractivity contribution is 6.00.